The van der Waals surface area contributed by atoms with E-state index in [1.165, 1.54) is 22.3 Å². The predicted molar refractivity (Wildman–Crippen MR) is 146 cm³/mol. The molecule has 4 aromatic rings. The monoisotopic (exact) mass is 471 g/mol. The molecule has 35 heavy (non-hydrogen) atoms. The number of piperazine rings is 1. The van der Waals surface area contributed by atoms with Crippen molar-refractivity contribution in [2.24, 2.45) is 0 Å². The zero-order valence-electron chi connectivity index (χ0n) is 21.6. The van der Waals surface area contributed by atoms with Crippen LogP contribution in [0.4, 0.5) is 5.69 Å². The first-order valence-corrected chi connectivity index (χ1v) is 12.7. The lowest BCUT2D eigenvalue weighted by Crippen LogP contribution is -2.55. The lowest BCUT2D eigenvalue weighted by molar-refractivity contribution is 0.170. The molecule has 1 aliphatic heterocycles. The van der Waals surface area contributed by atoms with E-state index in [1.807, 2.05) is 0 Å². The van der Waals surface area contributed by atoms with Gasteiger partial charge in [-0.25, -0.2) is 4.98 Å². The molecule has 0 amide bonds. The van der Waals surface area contributed by atoms with Gasteiger partial charge in [0, 0.05) is 37.9 Å². The average Bonchev–Trinajstić information content (AvgIpc) is 3.23. The van der Waals surface area contributed by atoms with Crippen LogP contribution in [0.3, 0.4) is 0 Å². The molecule has 0 spiro atoms. The van der Waals surface area contributed by atoms with Gasteiger partial charge < -0.3 is 14.5 Å². The molecule has 0 radical (unpaired) electrons. The van der Waals surface area contributed by atoms with E-state index in [9.17, 15) is 0 Å². The Hall–Kier alpha value is -3.09. The van der Waals surface area contributed by atoms with Gasteiger partial charge in [-0.05, 0) is 88.9 Å². The van der Waals surface area contributed by atoms with Crippen LogP contribution in [0.1, 0.15) is 20.3 Å². The minimum Gasteiger partial charge on any atom is -0.494 e. The molecule has 2 aromatic heterocycles. The van der Waals surface area contributed by atoms with Gasteiger partial charge in [0.1, 0.15) is 11.4 Å². The third kappa shape index (κ3) is 4.86. The molecule has 6 heteroatoms. The van der Waals surface area contributed by atoms with E-state index < -0.39 is 0 Å². The summed E-state index contributed by atoms with van der Waals surface area (Å²) >= 11 is 0. The predicted octanol–water partition coefficient (Wildman–Crippen LogP) is 5.01. The molecule has 0 aliphatic carbocycles. The standard InChI is InChI=1S/C29H37N5O/c1-21-18-33(19-22(2)32(21)5)27-9-6-8-26-29(27)34-20-24(12-15-28(34)30-26)23-10-13-25(14-11-23)35-17-7-16-31(3)4/h6,8-15,20-22H,7,16-19H2,1-5H3/t21-,22+. The van der Waals surface area contributed by atoms with Crippen molar-refractivity contribution in [2.45, 2.75) is 32.4 Å². The maximum atomic E-state index is 5.92. The van der Waals surface area contributed by atoms with E-state index in [1.54, 1.807) is 0 Å². The molecule has 0 bridgehead atoms. The lowest BCUT2D eigenvalue weighted by atomic mass is 10.1. The Bertz CT molecular complexity index is 1280. The molecular formula is C29H37N5O. The largest absolute Gasteiger partial charge is 0.494 e. The third-order valence-electron chi connectivity index (χ3n) is 7.30. The molecule has 0 unspecified atom stereocenters. The van der Waals surface area contributed by atoms with Crippen LogP contribution in [0.25, 0.3) is 27.8 Å². The highest BCUT2D eigenvalue weighted by atomic mass is 16.5. The van der Waals surface area contributed by atoms with Crippen LogP contribution in [-0.2, 0) is 0 Å². The smallest absolute Gasteiger partial charge is 0.138 e. The van der Waals surface area contributed by atoms with Gasteiger partial charge in [0.2, 0.25) is 0 Å². The Morgan fingerprint density at radius 3 is 2.37 bits per heavy atom. The van der Waals surface area contributed by atoms with Crippen LogP contribution in [0, 0.1) is 0 Å². The van der Waals surface area contributed by atoms with Gasteiger partial charge in [0.25, 0.3) is 0 Å². The number of benzene rings is 2. The minimum absolute atomic E-state index is 0.507. The van der Waals surface area contributed by atoms with Crippen molar-refractivity contribution < 1.29 is 4.74 Å². The Kier molecular flexibility index (Phi) is 6.67. The average molecular weight is 472 g/mol. The van der Waals surface area contributed by atoms with Gasteiger partial charge in [-0.1, -0.05) is 18.2 Å². The number of imidazole rings is 1. The Morgan fingerprint density at radius 2 is 1.66 bits per heavy atom. The molecule has 6 nitrogen and oxygen atoms in total. The zero-order chi connectivity index (χ0) is 24.5. The van der Waals surface area contributed by atoms with E-state index in [-0.39, 0.29) is 0 Å². The van der Waals surface area contributed by atoms with E-state index in [2.05, 4.69) is 115 Å². The number of nitrogens with zero attached hydrogens (tertiary/aromatic N) is 5. The van der Waals surface area contributed by atoms with E-state index in [0.29, 0.717) is 12.1 Å². The van der Waals surface area contributed by atoms with Crippen molar-refractivity contribution in [1.29, 1.82) is 0 Å². The highest BCUT2D eigenvalue weighted by molar-refractivity contribution is 5.92. The first-order valence-electron chi connectivity index (χ1n) is 12.7. The topological polar surface area (TPSA) is 36.3 Å². The van der Waals surface area contributed by atoms with Crippen LogP contribution < -0.4 is 9.64 Å². The summed E-state index contributed by atoms with van der Waals surface area (Å²) in [6.07, 6.45) is 3.25. The first kappa shape index (κ1) is 23.6. The summed E-state index contributed by atoms with van der Waals surface area (Å²) in [7, 11) is 6.41. The fourth-order valence-electron chi connectivity index (χ4n) is 5.08. The second-order valence-electron chi connectivity index (χ2n) is 10.2. The van der Waals surface area contributed by atoms with Crippen molar-refractivity contribution in [1.82, 2.24) is 19.2 Å². The summed E-state index contributed by atoms with van der Waals surface area (Å²) in [5, 5.41) is 0. The number of anilines is 1. The molecule has 1 fully saturated rings. The summed E-state index contributed by atoms with van der Waals surface area (Å²) in [6.45, 7) is 8.42. The Morgan fingerprint density at radius 1 is 0.943 bits per heavy atom. The van der Waals surface area contributed by atoms with Crippen LogP contribution in [0.2, 0.25) is 0 Å². The number of rotatable bonds is 7. The van der Waals surface area contributed by atoms with Crippen LogP contribution in [0.15, 0.2) is 60.8 Å². The van der Waals surface area contributed by atoms with E-state index >= 15 is 0 Å². The van der Waals surface area contributed by atoms with Crippen molar-refractivity contribution in [2.75, 3.05) is 52.3 Å². The number of pyridine rings is 1. The van der Waals surface area contributed by atoms with Crippen molar-refractivity contribution >= 4 is 22.4 Å². The van der Waals surface area contributed by atoms with E-state index in [4.69, 9.17) is 9.72 Å². The van der Waals surface area contributed by atoms with Gasteiger partial charge in [-0.3, -0.25) is 9.30 Å². The fraction of sp³-hybridized carbons (Fsp3) is 0.414. The molecule has 184 valence electrons. The summed E-state index contributed by atoms with van der Waals surface area (Å²) in [4.78, 5) is 12.1. The fourth-order valence-corrected chi connectivity index (χ4v) is 5.08. The van der Waals surface area contributed by atoms with Gasteiger partial charge in [0.15, 0.2) is 0 Å². The zero-order valence-corrected chi connectivity index (χ0v) is 21.6. The molecule has 1 aliphatic rings. The highest BCUT2D eigenvalue weighted by Crippen LogP contribution is 2.32. The molecule has 5 rings (SSSR count). The molecule has 0 N–H and O–H groups in total. The van der Waals surface area contributed by atoms with Gasteiger partial charge in [0.05, 0.1) is 23.3 Å². The quantitative estimate of drug-likeness (QED) is 0.354. The Labute approximate surface area is 208 Å². The third-order valence-corrected chi connectivity index (χ3v) is 7.30. The normalized spacial score (nSPS) is 19.2. The molecule has 1 saturated heterocycles. The first-order chi connectivity index (χ1) is 16.9. The second-order valence-corrected chi connectivity index (χ2v) is 10.2. The molecule has 2 aromatic carbocycles. The second kappa shape index (κ2) is 9.88. The molecular weight excluding hydrogens is 434 g/mol. The summed E-state index contributed by atoms with van der Waals surface area (Å²) in [5.74, 6) is 0.919. The minimum atomic E-state index is 0.507. The number of hydrogen-bond donors (Lipinski definition) is 0. The number of para-hydroxylation sites is 1. The van der Waals surface area contributed by atoms with Crippen molar-refractivity contribution in [3.05, 3.63) is 60.8 Å². The molecule has 0 saturated carbocycles. The van der Waals surface area contributed by atoms with Gasteiger partial charge in [-0.2, -0.15) is 0 Å². The number of likely N-dealkylation sites (N-methyl/N-ethyl adjacent to an activating group) is 1. The van der Waals surface area contributed by atoms with Crippen LogP contribution in [-0.4, -0.2) is 78.7 Å². The number of aromatic nitrogens is 2. The maximum absolute atomic E-state index is 5.92. The lowest BCUT2D eigenvalue weighted by Gasteiger charge is -2.43. The van der Waals surface area contributed by atoms with Gasteiger partial charge >= 0.3 is 0 Å². The summed E-state index contributed by atoms with van der Waals surface area (Å²) in [5.41, 5.74) is 6.82. The number of ether oxygens (including phenoxy) is 1. The summed E-state index contributed by atoms with van der Waals surface area (Å²) < 4.78 is 8.18. The van der Waals surface area contributed by atoms with E-state index in [0.717, 1.165) is 49.6 Å². The molecule has 2 atom stereocenters. The number of fused-ring (bicyclic) bond motifs is 3. The SMILES string of the molecule is C[C@@H]1CN(c2cccc3nc4ccc(-c5ccc(OCCCN(C)C)cc5)cn4c23)C[C@H](C)N1C. The highest BCUT2D eigenvalue weighted by Gasteiger charge is 2.28. The summed E-state index contributed by atoms with van der Waals surface area (Å²) in [6, 6.07) is 20.2. The Balaban J connectivity index is 1.44. The van der Waals surface area contributed by atoms with Gasteiger partial charge in [-0.15, -0.1) is 0 Å². The maximum Gasteiger partial charge on any atom is 0.138 e. The van der Waals surface area contributed by atoms with Crippen LogP contribution in [0.5, 0.6) is 5.75 Å². The molecule has 3 heterocycles. The van der Waals surface area contributed by atoms with Crippen molar-refractivity contribution in [3.8, 4) is 16.9 Å². The number of hydrogen-bond acceptors (Lipinski definition) is 5. The van der Waals surface area contributed by atoms with Crippen molar-refractivity contribution in [3.63, 3.8) is 0 Å². The van der Waals surface area contributed by atoms with Crippen LogP contribution >= 0.6 is 0 Å².